The summed E-state index contributed by atoms with van der Waals surface area (Å²) in [6.07, 6.45) is 10.00. The molecule has 4 saturated carbocycles. The second-order valence-electron chi connectivity index (χ2n) is 10.8. The second-order valence-corrected chi connectivity index (χ2v) is 13.0. The summed E-state index contributed by atoms with van der Waals surface area (Å²) in [4.78, 5) is 27.8. The Labute approximate surface area is 225 Å². The quantitative estimate of drug-likeness (QED) is 0.257. The van der Waals surface area contributed by atoms with Gasteiger partial charge in [-0.05, 0) is 144 Å². The van der Waals surface area contributed by atoms with Crippen LogP contribution >= 0.6 is 34.4 Å². The van der Waals surface area contributed by atoms with Crippen molar-refractivity contribution in [2.45, 2.75) is 57.4 Å². The summed E-state index contributed by atoms with van der Waals surface area (Å²) in [7, 11) is 0. The van der Waals surface area contributed by atoms with E-state index in [2.05, 4.69) is 40.8 Å². The van der Waals surface area contributed by atoms with Crippen molar-refractivity contribution in [1.82, 2.24) is 4.90 Å². The normalized spacial score (nSPS) is 30.5. The Bertz CT molecular complexity index is 1170. The summed E-state index contributed by atoms with van der Waals surface area (Å²) >= 11 is 3.29. The van der Waals surface area contributed by atoms with Crippen LogP contribution in [0.15, 0.2) is 47.4 Å². The largest absolute Gasteiger partial charge is 0.493 e. The van der Waals surface area contributed by atoms with E-state index in [9.17, 15) is 9.59 Å². The Morgan fingerprint density at radius 1 is 1.03 bits per heavy atom. The number of rotatable bonds is 6. The van der Waals surface area contributed by atoms with Crippen LogP contribution in [0.5, 0.6) is 5.75 Å². The van der Waals surface area contributed by atoms with Gasteiger partial charge in [0.25, 0.3) is 11.1 Å². The van der Waals surface area contributed by atoms with E-state index in [0.29, 0.717) is 18.1 Å². The van der Waals surface area contributed by atoms with Gasteiger partial charge >= 0.3 is 0 Å². The molecule has 4 bridgehead atoms. The zero-order chi connectivity index (χ0) is 24.2. The van der Waals surface area contributed by atoms with E-state index in [1.165, 1.54) is 49.0 Å². The summed E-state index contributed by atoms with van der Waals surface area (Å²) < 4.78 is 7.08. The molecule has 4 nitrogen and oxygen atoms in total. The highest BCUT2D eigenvalue weighted by Gasteiger charge is 2.51. The van der Waals surface area contributed by atoms with Crippen molar-refractivity contribution in [3.05, 3.63) is 67.6 Å². The van der Waals surface area contributed by atoms with Crippen molar-refractivity contribution in [2.24, 2.45) is 17.8 Å². The Kier molecular flexibility index (Phi) is 6.24. The minimum atomic E-state index is -0.221. The fourth-order valence-electron chi connectivity index (χ4n) is 7.29. The Morgan fingerprint density at radius 3 is 2.31 bits per heavy atom. The molecule has 0 N–H and O–H groups in total. The van der Waals surface area contributed by atoms with Crippen LogP contribution in [0.3, 0.4) is 0 Å². The van der Waals surface area contributed by atoms with Gasteiger partial charge in [-0.25, -0.2) is 0 Å². The molecule has 1 aliphatic heterocycles. The average Bonchev–Trinajstić information content (AvgIpc) is 3.08. The standard InChI is InChI=1S/C29H30INO3S/c1-2-34-25-8-5-23(29-14-19-9-20(15-29)11-21(10-19)16-29)12-22(25)13-26-27(32)31(28(33)35-26)17-18-3-6-24(30)7-4-18/h3-8,12-13,19-21H,2,9-11,14-17H2,1H3/b26-13-. The summed E-state index contributed by atoms with van der Waals surface area (Å²) in [6.45, 7) is 2.84. The maximum Gasteiger partial charge on any atom is 0.293 e. The first-order valence-corrected chi connectivity index (χ1v) is 14.6. The fourth-order valence-corrected chi connectivity index (χ4v) is 8.48. The molecule has 2 aromatic rings. The SMILES string of the molecule is CCOc1ccc(C23CC4CC(CC(C4)C2)C3)cc1/C=C1\SC(=O)N(Cc2ccc(I)cc2)C1=O. The van der Waals surface area contributed by atoms with E-state index >= 15 is 0 Å². The highest BCUT2D eigenvalue weighted by Crippen LogP contribution is 2.61. The molecular formula is C29H30INO3S. The van der Waals surface area contributed by atoms with Crippen LogP contribution in [0, 0.1) is 21.3 Å². The van der Waals surface area contributed by atoms with Crippen LogP contribution in [0.2, 0.25) is 0 Å². The van der Waals surface area contributed by atoms with E-state index in [-0.39, 0.29) is 16.6 Å². The van der Waals surface area contributed by atoms with Crippen molar-refractivity contribution in [3.8, 4) is 5.75 Å². The predicted molar refractivity (Wildman–Crippen MR) is 148 cm³/mol. The zero-order valence-corrected chi connectivity index (χ0v) is 22.9. The molecule has 2 amide bonds. The molecule has 6 heteroatoms. The van der Waals surface area contributed by atoms with Gasteiger partial charge in [0, 0.05) is 9.13 Å². The molecule has 5 aliphatic rings. The lowest BCUT2D eigenvalue weighted by Crippen LogP contribution is -2.48. The smallest absolute Gasteiger partial charge is 0.293 e. The maximum absolute atomic E-state index is 13.2. The van der Waals surface area contributed by atoms with Gasteiger partial charge in [0.1, 0.15) is 5.75 Å². The first kappa shape index (κ1) is 23.6. The highest BCUT2D eigenvalue weighted by atomic mass is 127. The van der Waals surface area contributed by atoms with Crippen LogP contribution in [-0.4, -0.2) is 22.7 Å². The van der Waals surface area contributed by atoms with Crippen LogP contribution in [0.25, 0.3) is 6.08 Å². The molecular weight excluding hydrogens is 569 g/mol. The molecule has 0 aromatic heterocycles. The summed E-state index contributed by atoms with van der Waals surface area (Å²) in [6, 6.07) is 14.5. The number of hydrogen-bond acceptors (Lipinski definition) is 4. The molecule has 0 spiro atoms. The Balaban J connectivity index is 1.31. The highest BCUT2D eigenvalue weighted by molar-refractivity contribution is 14.1. The van der Waals surface area contributed by atoms with Gasteiger partial charge < -0.3 is 4.74 Å². The minimum absolute atomic E-state index is 0.213. The van der Waals surface area contributed by atoms with Crippen LogP contribution in [-0.2, 0) is 16.8 Å². The lowest BCUT2D eigenvalue weighted by Gasteiger charge is -2.57. The number of ether oxygens (including phenoxy) is 1. The molecule has 0 radical (unpaired) electrons. The number of imide groups is 1. The number of thioether (sulfide) groups is 1. The van der Waals surface area contributed by atoms with Gasteiger partial charge in [-0.15, -0.1) is 0 Å². The number of benzene rings is 2. The van der Waals surface area contributed by atoms with Crippen LogP contribution in [0.1, 0.15) is 62.1 Å². The second kappa shape index (κ2) is 9.25. The number of amides is 2. The van der Waals surface area contributed by atoms with E-state index in [1.807, 2.05) is 37.3 Å². The van der Waals surface area contributed by atoms with Crippen molar-refractivity contribution >= 4 is 51.6 Å². The molecule has 7 rings (SSSR count). The predicted octanol–water partition coefficient (Wildman–Crippen LogP) is 7.39. The van der Waals surface area contributed by atoms with E-state index < -0.39 is 0 Å². The third kappa shape index (κ3) is 4.45. The topological polar surface area (TPSA) is 46.6 Å². The molecule has 0 atom stereocenters. The molecule has 1 heterocycles. The van der Waals surface area contributed by atoms with Gasteiger partial charge in [0.15, 0.2) is 0 Å². The monoisotopic (exact) mass is 599 g/mol. The molecule has 182 valence electrons. The van der Waals surface area contributed by atoms with Crippen molar-refractivity contribution < 1.29 is 14.3 Å². The summed E-state index contributed by atoms with van der Waals surface area (Å²) in [5, 5.41) is -0.213. The number of nitrogens with zero attached hydrogens (tertiary/aromatic N) is 1. The van der Waals surface area contributed by atoms with Gasteiger partial charge in [0.2, 0.25) is 0 Å². The first-order chi connectivity index (χ1) is 16.9. The molecule has 5 fully saturated rings. The van der Waals surface area contributed by atoms with E-state index in [1.54, 1.807) is 0 Å². The zero-order valence-electron chi connectivity index (χ0n) is 20.0. The van der Waals surface area contributed by atoms with Gasteiger partial charge in [-0.2, -0.15) is 0 Å². The Hall–Kier alpha value is -1.80. The minimum Gasteiger partial charge on any atom is -0.493 e. The maximum atomic E-state index is 13.2. The lowest BCUT2D eigenvalue weighted by molar-refractivity contribution is -0.123. The van der Waals surface area contributed by atoms with Crippen molar-refractivity contribution in [1.29, 1.82) is 0 Å². The lowest BCUT2D eigenvalue weighted by atomic mass is 9.48. The summed E-state index contributed by atoms with van der Waals surface area (Å²) in [5.74, 6) is 3.17. The summed E-state index contributed by atoms with van der Waals surface area (Å²) in [5.41, 5.74) is 3.53. The van der Waals surface area contributed by atoms with Crippen LogP contribution < -0.4 is 4.74 Å². The van der Waals surface area contributed by atoms with Crippen molar-refractivity contribution in [2.75, 3.05) is 6.61 Å². The number of carbonyl (C=O) groups excluding carboxylic acids is 2. The molecule has 35 heavy (non-hydrogen) atoms. The fraction of sp³-hybridized carbons (Fsp3) is 0.448. The number of halogens is 1. The Morgan fingerprint density at radius 2 is 1.69 bits per heavy atom. The average molecular weight is 600 g/mol. The molecule has 1 saturated heterocycles. The van der Waals surface area contributed by atoms with Crippen molar-refractivity contribution in [3.63, 3.8) is 0 Å². The van der Waals surface area contributed by atoms with E-state index in [4.69, 9.17) is 4.74 Å². The first-order valence-electron chi connectivity index (χ1n) is 12.7. The third-order valence-electron chi connectivity index (χ3n) is 8.37. The number of carbonyl (C=O) groups is 2. The number of hydrogen-bond donors (Lipinski definition) is 0. The van der Waals surface area contributed by atoms with Gasteiger partial charge in [-0.3, -0.25) is 14.5 Å². The molecule has 2 aromatic carbocycles. The molecule has 0 unspecified atom stereocenters. The van der Waals surface area contributed by atoms with E-state index in [0.717, 1.165) is 50.0 Å². The third-order valence-corrected chi connectivity index (χ3v) is 10.0. The van der Waals surface area contributed by atoms with Gasteiger partial charge in [0.05, 0.1) is 18.1 Å². The molecule has 4 aliphatic carbocycles. The van der Waals surface area contributed by atoms with Gasteiger partial charge in [-0.1, -0.05) is 18.2 Å². The van der Waals surface area contributed by atoms with Crippen LogP contribution in [0.4, 0.5) is 4.79 Å².